The van der Waals surface area contributed by atoms with E-state index in [-0.39, 0.29) is 0 Å². The third-order valence-electron chi connectivity index (χ3n) is 4.88. The van der Waals surface area contributed by atoms with Crippen LogP contribution in [0.5, 0.6) is 0 Å². The van der Waals surface area contributed by atoms with Crippen LogP contribution < -0.4 is 10.9 Å². The molecule has 0 spiro atoms. The minimum atomic E-state index is 0.471. The molecular formula is C24H23N3O. The summed E-state index contributed by atoms with van der Waals surface area (Å²) in [5.41, 5.74) is 8.39. The second-order valence-corrected chi connectivity index (χ2v) is 7.08. The van der Waals surface area contributed by atoms with Crippen LogP contribution in [0.25, 0.3) is 11.1 Å². The van der Waals surface area contributed by atoms with E-state index in [1.807, 2.05) is 30.3 Å². The fourth-order valence-corrected chi connectivity index (χ4v) is 3.33. The first kappa shape index (κ1) is 18.0. The minimum Gasteiger partial charge on any atom is -0.434 e. The maximum absolute atomic E-state index is 6.17. The van der Waals surface area contributed by atoms with Crippen LogP contribution in [0.3, 0.4) is 0 Å². The predicted molar refractivity (Wildman–Crippen MR) is 114 cm³/mol. The second kappa shape index (κ2) is 7.31. The largest absolute Gasteiger partial charge is 0.434 e. The average molecular weight is 369 g/mol. The zero-order chi connectivity index (χ0) is 19.7. The van der Waals surface area contributed by atoms with Crippen LogP contribution in [0.4, 0.5) is 17.2 Å². The van der Waals surface area contributed by atoms with Crippen LogP contribution in [0, 0.1) is 27.7 Å². The van der Waals surface area contributed by atoms with Crippen molar-refractivity contribution in [3.8, 4) is 0 Å². The van der Waals surface area contributed by atoms with Crippen molar-refractivity contribution in [2.45, 2.75) is 27.7 Å². The summed E-state index contributed by atoms with van der Waals surface area (Å²) in [5, 5.41) is 3.46. The lowest BCUT2D eigenvalue weighted by Gasteiger charge is -2.12. The monoisotopic (exact) mass is 369 g/mol. The molecular weight excluding hydrogens is 346 g/mol. The van der Waals surface area contributed by atoms with Gasteiger partial charge in [0.2, 0.25) is 0 Å². The van der Waals surface area contributed by atoms with Gasteiger partial charge in [0, 0.05) is 5.69 Å². The molecule has 4 rings (SSSR count). The SMILES string of the molecule is Cc1cccc(C)c1N=c1oc2ccccc2nc1Nc1c(C)cccc1C. The molecule has 0 aliphatic rings. The smallest absolute Gasteiger partial charge is 0.263 e. The molecule has 0 amide bonds. The van der Waals surface area contributed by atoms with Gasteiger partial charge in [-0.1, -0.05) is 48.5 Å². The first-order chi connectivity index (χ1) is 13.5. The maximum Gasteiger partial charge on any atom is 0.263 e. The van der Waals surface area contributed by atoms with Gasteiger partial charge in [0.05, 0.1) is 5.69 Å². The summed E-state index contributed by atoms with van der Waals surface area (Å²) in [4.78, 5) is 9.66. The summed E-state index contributed by atoms with van der Waals surface area (Å²) < 4.78 is 6.17. The number of benzene rings is 3. The molecule has 0 aliphatic heterocycles. The highest BCUT2D eigenvalue weighted by Gasteiger charge is 2.10. The molecule has 1 heterocycles. The van der Waals surface area contributed by atoms with Crippen molar-refractivity contribution in [1.29, 1.82) is 0 Å². The van der Waals surface area contributed by atoms with Crippen molar-refractivity contribution in [3.63, 3.8) is 0 Å². The molecule has 0 fully saturated rings. The average Bonchev–Trinajstić information content (AvgIpc) is 2.68. The van der Waals surface area contributed by atoms with Gasteiger partial charge in [-0.3, -0.25) is 0 Å². The van der Waals surface area contributed by atoms with Gasteiger partial charge in [-0.2, -0.15) is 0 Å². The molecule has 28 heavy (non-hydrogen) atoms. The van der Waals surface area contributed by atoms with Gasteiger partial charge < -0.3 is 9.73 Å². The normalized spacial score (nSPS) is 11.8. The summed E-state index contributed by atoms with van der Waals surface area (Å²) in [6.45, 7) is 8.27. The summed E-state index contributed by atoms with van der Waals surface area (Å²) in [6, 6.07) is 20.1. The Morgan fingerprint density at radius 1 is 0.750 bits per heavy atom. The van der Waals surface area contributed by atoms with Crippen LogP contribution in [-0.4, -0.2) is 4.98 Å². The van der Waals surface area contributed by atoms with Crippen LogP contribution in [-0.2, 0) is 0 Å². The molecule has 0 unspecified atom stereocenters. The van der Waals surface area contributed by atoms with E-state index in [0.717, 1.165) is 39.1 Å². The van der Waals surface area contributed by atoms with Crippen molar-refractivity contribution in [2.75, 3.05) is 5.32 Å². The van der Waals surface area contributed by atoms with Crippen LogP contribution in [0.1, 0.15) is 22.3 Å². The minimum absolute atomic E-state index is 0.471. The molecule has 1 aromatic heterocycles. The number of aromatic nitrogens is 1. The van der Waals surface area contributed by atoms with E-state index in [1.165, 1.54) is 0 Å². The topological polar surface area (TPSA) is 50.4 Å². The highest BCUT2D eigenvalue weighted by Crippen LogP contribution is 2.25. The third-order valence-corrected chi connectivity index (χ3v) is 4.88. The van der Waals surface area contributed by atoms with E-state index in [4.69, 9.17) is 14.4 Å². The van der Waals surface area contributed by atoms with E-state index < -0.39 is 0 Å². The van der Waals surface area contributed by atoms with E-state index in [9.17, 15) is 0 Å². The Hall–Kier alpha value is -3.40. The molecule has 0 saturated heterocycles. The highest BCUT2D eigenvalue weighted by atomic mass is 16.3. The molecule has 0 bridgehead atoms. The Kier molecular flexibility index (Phi) is 4.70. The standard InChI is InChI=1S/C24H23N3O/c1-15-9-7-10-16(2)21(15)26-23-24(27-22-17(3)11-8-12-18(22)4)28-20-14-6-5-13-19(20)25-23/h5-14H,1-4H3,(H,25,26). The van der Waals surface area contributed by atoms with Gasteiger partial charge in [0.25, 0.3) is 5.55 Å². The summed E-state index contributed by atoms with van der Waals surface area (Å²) >= 11 is 0. The zero-order valence-corrected chi connectivity index (χ0v) is 16.6. The fraction of sp³-hybridized carbons (Fsp3) is 0.167. The van der Waals surface area contributed by atoms with Crippen LogP contribution in [0.15, 0.2) is 70.1 Å². The van der Waals surface area contributed by atoms with Crippen molar-refractivity contribution < 1.29 is 4.42 Å². The first-order valence-electron chi connectivity index (χ1n) is 9.37. The quantitative estimate of drug-likeness (QED) is 0.479. The highest BCUT2D eigenvalue weighted by molar-refractivity contribution is 5.74. The number of rotatable bonds is 3. The first-order valence-corrected chi connectivity index (χ1v) is 9.37. The Bertz CT molecular complexity index is 1200. The van der Waals surface area contributed by atoms with Crippen LogP contribution in [0.2, 0.25) is 0 Å². The summed E-state index contributed by atoms with van der Waals surface area (Å²) in [6.07, 6.45) is 0. The van der Waals surface area contributed by atoms with Crippen molar-refractivity contribution in [1.82, 2.24) is 4.98 Å². The predicted octanol–water partition coefficient (Wildman–Crippen LogP) is 6.04. The fourth-order valence-electron chi connectivity index (χ4n) is 3.33. The number of hydrogen-bond donors (Lipinski definition) is 1. The molecule has 1 N–H and O–H groups in total. The molecule has 4 heteroatoms. The molecule has 0 saturated carbocycles. The molecule has 0 atom stereocenters. The van der Waals surface area contributed by atoms with Crippen molar-refractivity contribution >= 4 is 28.3 Å². The summed E-state index contributed by atoms with van der Waals surface area (Å²) in [5.74, 6) is 0.610. The zero-order valence-electron chi connectivity index (χ0n) is 16.6. The number of fused-ring (bicyclic) bond motifs is 1. The lowest BCUT2D eigenvalue weighted by atomic mass is 10.1. The second-order valence-electron chi connectivity index (χ2n) is 7.08. The Morgan fingerprint density at radius 2 is 1.36 bits per heavy atom. The molecule has 3 aromatic carbocycles. The number of nitrogens with one attached hydrogen (secondary N) is 1. The lowest BCUT2D eigenvalue weighted by molar-refractivity contribution is 0.542. The third kappa shape index (κ3) is 3.41. The molecule has 140 valence electrons. The Labute approximate surface area is 164 Å². The van der Waals surface area contributed by atoms with E-state index in [0.29, 0.717) is 17.0 Å². The van der Waals surface area contributed by atoms with Crippen LogP contribution >= 0.6 is 0 Å². The molecule has 4 nitrogen and oxygen atoms in total. The Balaban J connectivity index is 1.97. The van der Waals surface area contributed by atoms with E-state index in [2.05, 4.69) is 63.3 Å². The molecule has 0 radical (unpaired) electrons. The molecule has 0 aliphatic carbocycles. The van der Waals surface area contributed by atoms with Gasteiger partial charge in [-0.15, -0.1) is 0 Å². The van der Waals surface area contributed by atoms with Gasteiger partial charge >= 0.3 is 0 Å². The van der Waals surface area contributed by atoms with Crippen molar-refractivity contribution in [2.24, 2.45) is 4.99 Å². The van der Waals surface area contributed by atoms with E-state index in [1.54, 1.807) is 0 Å². The number of aryl methyl sites for hydroxylation is 4. The Morgan fingerprint density at radius 3 is 2.04 bits per heavy atom. The number of para-hydroxylation sites is 4. The van der Waals surface area contributed by atoms with Gasteiger partial charge in [-0.05, 0) is 62.1 Å². The molecule has 4 aromatic rings. The number of anilines is 2. The maximum atomic E-state index is 6.17. The number of nitrogens with zero attached hydrogens (tertiary/aromatic N) is 2. The van der Waals surface area contributed by atoms with Gasteiger partial charge in [0.15, 0.2) is 11.4 Å². The van der Waals surface area contributed by atoms with Gasteiger partial charge in [-0.25, -0.2) is 9.98 Å². The summed E-state index contributed by atoms with van der Waals surface area (Å²) in [7, 11) is 0. The lowest BCUT2D eigenvalue weighted by Crippen LogP contribution is -2.12. The van der Waals surface area contributed by atoms with E-state index >= 15 is 0 Å². The van der Waals surface area contributed by atoms with Crippen molar-refractivity contribution in [3.05, 3.63) is 88.5 Å². The van der Waals surface area contributed by atoms with Gasteiger partial charge in [0.1, 0.15) is 5.52 Å². The number of hydrogen-bond acceptors (Lipinski definition) is 4.